The number of allylic oxidation sites excluding steroid dienone is 4. The first-order chi connectivity index (χ1) is 11.4. The van der Waals surface area contributed by atoms with Gasteiger partial charge in [-0.05, 0) is 76.0 Å². The lowest BCUT2D eigenvalue weighted by atomic mass is 9.84. The van der Waals surface area contributed by atoms with Gasteiger partial charge in [-0.25, -0.2) is 0 Å². The van der Waals surface area contributed by atoms with Crippen LogP contribution in [-0.2, 0) is 0 Å². The van der Waals surface area contributed by atoms with Crippen LogP contribution in [0.3, 0.4) is 0 Å². The Hall–Kier alpha value is -0.520. The van der Waals surface area contributed by atoms with Gasteiger partial charge in [0, 0.05) is 0 Å². The second-order valence-electron chi connectivity index (χ2n) is 9.23. The second kappa shape index (κ2) is 17.6. The highest BCUT2D eigenvalue weighted by molar-refractivity contribution is 5.02. The van der Waals surface area contributed by atoms with Crippen molar-refractivity contribution < 1.29 is 0 Å². The van der Waals surface area contributed by atoms with E-state index in [0.717, 1.165) is 23.7 Å². The molecule has 2 unspecified atom stereocenters. The SMILES string of the molecule is C.C.C.CC1=CCC(C)CC1.CC1=CCC(C)CC1.CC1CCC(C)CC1. The first kappa shape index (κ1) is 31.2. The summed E-state index contributed by atoms with van der Waals surface area (Å²) in [5, 5.41) is 0. The maximum absolute atomic E-state index is 2.37. The van der Waals surface area contributed by atoms with Gasteiger partial charge in [0.2, 0.25) is 0 Å². The van der Waals surface area contributed by atoms with Gasteiger partial charge < -0.3 is 0 Å². The largest absolute Gasteiger partial charge is 0.0853 e. The lowest BCUT2D eigenvalue weighted by molar-refractivity contribution is 0.308. The fourth-order valence-electron chi connectivity index (χ4n) is 3.62. The number of hydrogen-bond acceptors (Lipinski definition) is 0. The quantitative estimate of drug-likeness (QED) is 0.366. The standard InChI is InChI=1S/C8H16.2C8H14.3CH4/c3*1-7-3-5-8(2)6-4-7;;;/h7-8H,3-6H2,1-2H3;2*3,8H,4-6H2,1-2H3;3*1H4. The zero-order valence-corrected chi connectivity index (χ0v) is 17.5. The highest BCUT2D eigenvalue weighted by atomic mass is 14.2. The Balaban J connectivity index is -0.000000303. The number of rotatable bonds is 0. The third-order valence-electron chi connectivity index (χ3n) is 6.10. The van der Waals surface area contributed by atoms with Crippen molar-refractivity contribution in [2.75, 3.05) is 0 Å². The molecule has 0 amide bonds. The summed E-state index contributed by atoms with van der Waals surface area (Å²) in [6.45, 7) is 13.8. The van der Waals surface area contributed by atoms with Crippen LogP contribution >= 0.6 is 0 Å². The fraction of sp³-hybridized carbons (Fsp3) is 0.852. The molecule has 1 saturated carbocycles. The zero-order chi connectivity index (χ0) is 17.9. The van der Waals surface area contributed by atoms with Gasteiger partial charge in [0.25, 0.3) is 0 Å². The molecule has 0 aromatic heterocycles. The zero-order valence-electron chi connectivity index (χ0n) is 17.5. The van der Waals surface area contributed by atoms with E-state index in [0.29, 0.717) is 0 Å². The molecule has 1 fully saturated rings. The average molecular weight is 381 g/mol. The monoisotopic (exact) mass is 380 g/mol. The van der Waals surface area contributed by atoms with Crippen molar-refractivity contribution in [2.24, 2.45) is 23.7 Å². The topological polar surface area (TPSA) is 0 Å². The molecule has 0 aromatic rings. The molecule has 0 radical (unpaired) electrons. The van der Waals surface area contributed by atoms with Crippen molar-refractivity contribution in [2.45, 2.75) is 128 Å². The third kappa shape index (κ3) is 16.2. The van der Waals surface area contributed by atoms with Crippen LogP contribution in [0.2, 0.25) is 0 Å². The Morgan fingerprint density at radius 1 is 0.519 bits per heavy atom. The van der Waals surface area contributed by atoms with E-state index in [9.17, 15) is 0 Å². The summed E-state index contributed by atoms with van der Waals surface area (Å²) in [6, 6.07) is 0. The van der Waals surface area contributed by atoms with Crippen molar-refractivity contribution in [1.82, 2.24) is 0 Å². The highest BCUT2D eigenvalue weighted by Gasteiger charge is 2.13. The Morgan fingerprint density at radius 2 is 0.815 bits per heavy atom. The van der Waals surface area contributed by atoms with Gasteiger partial charge in [0.05, 0.1) is 0 Å². The molecule has 3 rings (SSSR count). The van der Waals surface area contributed by atoms with Crippen LogP contribution in [0.5, 0.6) is 0 Å². The molecule has 164 valence electrons. The lowest BCUT2D eigenvalue weighted by Gasteiger charge is -2.22. The molecule has 0 aliphatic heterocycles. The molecule has 27 heavy (non-hydrogen) atoms. The molecule has 0 spiro atoms. The van der Waals surface area contributed by atoms with Crippen molar-refractivity contribution in [3.05, 3.63) is 23.3 Å². The molecular weight excluding hydrogens is 324 g/mol. The predicted octanol–water partition coefficient (Wildman–Crippen LogP) is 10.2. The van der Waals surface area contributed by atoms with Gasteiger partial charge in [-0.2, -0.15) is 0 Å². The molecule has 0 heterocycles. The van der Waals surface area contributed by atoms with Crippen LogP contribution in [0.15, 0.2) is 23.3 Å². The maximum Gasteiger partial charge on any atom is -0.0320 e. The molecule has 0 bridgehead atoms. The van der Waals surface area contributed by atoms with E-state index in [-0.39, 0.29) is 22.3 Å². The minimum Gasteiger partial charge on any atom is -0.0853 e. The number of hydrogen-bond donors (Lipinski definition) is 0. The molecule has 0 aromatic carbocycles. The molecule has 0 nitrogen and oxygen atoms in total. The summed E-state index contributed by atoms with van der Waals surface area (Å²) in [4.78, 5) is 0. The van der Waals surface area contributed by atoms with E-state index in [1.165, 1.54) is 64.2 Å². The average Bonchev–Trinajstić information content (AvgIpc) is 2.57. The van der Waals surface area contributed by atoms with Crippen molar-refractivity contribution in [3.63, 3.8) is 0 Å². The Bertz CT molecular complexity index is 341. The van der Waals surface area contributed by atoms with Crippen LogP contribution in [-0.4, -0.2) is 0 Å². The fourth-order valence-corrected chi connectivity index (χ4v) is 3.62. The van der Waals surface area contributed by atoms with E-state index < -0.39 is 0 Å². The van der Waals surface area contributed by atoms with Crippen LogP contribution < -0.4 is 0 Å². The highest BCUT2D eigenvalue weighted by Crippen LogP contribution is 2.27. The van der Waals surface area contributed by atoms with E-state index >= 15 is 0 Å². The maximum atomic E-state index is 2.37. The van der Waals surface area contributed by atoms with Gasteiger partial charge >= 0.3 is 0 Å². The third-order valence-corrected chi connectivity index (χ3v) is 6.10. The Kier molecular flexibility index (Phi) is 20.3. The summed E-state index contributed by atoms with van der Waals surface area (Å²) < 4.78 is 0. The van der Waals surface area contributed by atoms with Gasteiger partial charge in [0.15, 0.2) is 0 Å². The van der Waals surface area contributed by atoms with E-state index in [1.807, 2.05) is 0 Å². The summed E-state index contributed by atoms with van der Waals surface area (Å²) in [5.74, 6) is 3.93. The first-order valence-corrected chi connectivity index (χ1v) is 10.7. The normalized spacial score (nSPS) is 29.4. The molecule has 3 aliphatic rings. The molecule has 0 N–H and O–H groups in total. The van der Waals surface area contributed by atoms with Crippen molar-refractivity contribution in [1.29, 1.82) is 0 Å². The van der Waals surface area contributed by atoms with E-state index in [1.54, 1.807) is 11.1 Å². The molecular formula is C27H56. The molecule has 2 atom stereocenters. The Labute approximate surface area is 175 Å². The molecule has 0 saturated heterocycles. The minimum atomic E-state index is 0. The van der Waals surface area contributed by atoms with Gasteiger partial charge in [0.1, 0.15) is 0 Å². The summed E-state index contributed by atoms with van der Waals surface area (Å²) in [7, 11) is 0. The lowest BCUT2D eigenvalue weighted by Crippen LogP contribution is -2.08. The first-order valence-electron chi connectivity index (χ1n) is 10.7. The van der Waals surface area contributed by atoms with Gasteiger partial charge in [-0.3, -0.25) is 0 Å². The van der Waals surface area contributed by atoms with Crippen molar-refractivity contribution in [3.8, 4) is 0 Å². The predicted molar refractivity (Wildman–Crippen MR) is 131 cm³/mol. The molecule has 0 heteroatoms. The van der Waals surface area contributed by atoms with Gasteiger partial charge in [-0.15, -0.1) is 0 Å². The smallest absolute Gasteiger partial charge is 0.0320 e. The summed E-state index contributed by atoms with van der Waals surface area (Å²) in [5.41, 5.74) is 3.17. The van der Waals surface area contributed by atoms with E-state index in [2.05, 4.69) is 53.7 Å². The molecule has 3 aliphatic carbocycles. The van der Waals surface area contributed by atoms with Crippen LogP contribution in [0.1, 0.15) is 128 Å². The van der Waals surface area contributed by atoms with Gasteiger partial charge in [-0.1, -0.05) is 99.0 Å². The van der Waals surface area contributed by atoms with E-state index in [4.69, 9.17) is 0 Å². The summed E-state index contributed by atoms with van der Waals surface area (Å²) in [6.07, 6.45) is 18.7. The minimum absolute atomic E-state index is 0. The van der Waals surface area contributed by atoms with Crippen molar-refractivity contribution >= 4 is 0 Å². The Morgan fingerprint density at radius 3 is 1.00 bits per heavy atom. The van der Waals surface area contributed by atoms with Crippen LogP contribution in [0.25, 0.3) is 0 Å². The second-order valence-corrected chi connectivity index (χ2v) is 9.23. The van der Waals surface area contributed by atoms with Crippen LogP contribution in [0, 0.1) is 23.7 Å². The van der Waals surface area contributed by atoms with Crippen LogP contribution in [0.4, 0.5) is 0 Å². The summed E-state index contributed by atoms with van der Waals surface area (Å²) >= 11 is 0.